The van der Waals surface area contributed by atoms with E-state index in [2.05, 4.69) is 21.2 Å². The molecule has 0 saturated carbocycles. The van der Waals surface area contributed by atoms with Crippen LogP contribution in [0.25, 0.3) is 0 Å². The van der Waals surface area contributed by atoms with Gasteiger partial charge in [0.2, 0.25) is 5.91 Å². The first-order valence-electron chi connectivity index (χ1n) is 7.35. The summed E-state index contributed by atoms with van der Waals surface area (Å²) in [5, 5.41) is 3.22. The summed E-state index contributed by atoms with van der Waals surface area (Å²) in [5.74, 6) is 0.0108. The summed E-state index contributed by atoms with van der Waals surface area (Å²) < 4.78 is 25.2. The van der Waals surface area contributed by atoms with Crippen molar-refractivity contribution in [2.45, 2.75) is 30.2 Å². The van der Waals surface area contributed by atoms with Crippen LogP contribution in [-0.4, -0.2) is 51.2 Å². The van der Waals surface area contributed by atoms with Crippen molar-refractivity contribution in [3.05, 3.63) is 28.7 Å². The van der Waals surface area contributed by atoms with Crippen molar-refractivity contribution in [2.24, 2.45) is 0 Å². The van der Waals surface area contributed by atoms with Crippen LogP contribution in [0, 0.1) is 0 Å². The number of likely N-dealkylation sites (N-methyl/N-ethyl adjacent to an activating group) is 1. The summed E-state index contributed by atoms with van der Waals surface area (Å²) >= 11 is 3.28. The highest BCUT2D eigenvalue weighted by atomic mass is 79.9. The minimum atomic E-state index is -3.32. The quantitative estimate of drug-likeness (QED) is 0.806. The minimum absolute atomic E-state index is 0.00285. The van der Waals surface area contributed by atoms with Crippen LogP contribution in [0.1, 0.15) is 19.3 Å². The number of halogens is 1. The molecule has 1 aromatic carbocycles. The lowest BCUT2D eigenvalue weighted by atomic mass is 10.2. The standard InChI is InChI=1S/C15H21BrN2O3S/c1-18(13-8-9-17-11-13)15(19)3-2-10-22(20,21)14-6-4-12(16)5-7-14/h4-7,13,17H,2-3,8-11H2,1H3. The number of carbonyl (C=O) groups is 1. The Hall–Kier alpha value is -0.920. The molecule has 0 bridgehead atoms. The highest BCUT2D eigenvalue weighted by Gasteiger charge is 2.23. The zero-order valence-corrected chi connectivity index (χ0v) is 15.0. The SMILES string of the molecule is CN(C(=O)CCCS(=O)(=O)c1ccc(Br)cc1)C1CCNC1. The molecule has 0 spiro atoms. The van der Waals surface area contributed by atoms with E-state index in [0.717, 1.165) is 24.0 Å². The van der Waals surface area contributed by atoms with Crippen LogP contribution in [-0.2, 0) is 14.6 Å². The first-order chi connectivity index (χ1) is 10.4. The van der Waals surface area contributed by atoms with Gasteiger partial charge in [-0.25, -0.2) is 8.42 Å². The lowest BCUT2D eigenvalue weighted by molar-refractivity contribution is -0.131. The van der Waals surface area contributed by atoms with Crippen molar-refractivity contribution in [3.8, 4) is 0 Å². The topological polar surface area (TPSA) is 66.5 Å². The summed E-state index contributed by atoms with van der Waals surface area (Å²) in [7, 11) is -1.53. The van der Waals surface area contributed by atoms with E-state index < -0.39 is 9.84 Å². The molecule has 1 aromatic rings. The average Bonchev–Trinajstić information content (AvgIpc) is 3.00. The number of rotatable bonds is 6. The summed E-state index contributed by atoms with van der Waals surface area (Å²) in [5.41, 5.74) is 0. The molecule has 1 atom stereocenters. The van der Waals surface area contributed by atoms with Gasteiger partial charge >= 0.3 is 0 Å². The fourth-order valence-electron chi connectivity index (χ4n) is 2.52. The Balaban J connectivity index is 1.84. The fraction of sp³-hybridized carbons (Fsp3) is 0.533. The average molecular weight is 389 g/mol. The van der Waals surface area contributed by atoms with Gasteiger partial charge in [-0.05, 0) is 43.7 Å². The Labute approximate surface area is 140 Å². The predicted octanol–water partition coefficient (Wildman–Crippen LogP) is 1.82. The van der Waals surface area contributed by atoms with Crippen molar-refractivity contribution in [3.63, 3.8) is 0 Å². The van der Waals surface area contributed by atoms with Gasteiger partial charge in [-0.2, -0.15) is 0 Å². The lowest BCUT2D eigenvalue weighted by Crippen LogP contribution is -2.38. The van der Waals surface area contributed by atoms with E-state index in [4.69, 9.17) is 0 Å². The molecule has 5 nitrogen and oxygen atoms in total. The van der Waals surface area contributed by atoms with Gasteiger partial charge in [0, 0.05) is 30.5 Å². The number of nitrogens with zero attached hydrogens (tertiary/aromatic N) is 1. The number of sulfone groups is 1. The number of hydrogen-bond acceptors (Lipinski definition) is 4. The van der Waals surface area contributed by atoms with Crippen LogP contribution in [0.2, 0.25) is 0 Å². The highest BCUT2D eigenvalue weighted by Crippen LogP contribution is 2.17. The normalized spacial score (nSPS) is 18.4. The molecule has 1 heterocycles. The van der Waals surface area contributed by atoms with Gasteiger partial charge in [-0.3, -0.25) is 4.79 Å². The van der Waals surface area contributed by atoms with Crippen LogP contribution in [0.4, 0.5) is 0 Å². The largest absolute Gasteiger partial charge is 0.341 e. The fourth-order valence-corrected chi connectivity index (χ4v) is 4.10. The van der Waals surface area contributed by atoms with E-state index in [-0.39, 0.29) is 24.1 Å². The molecule has 1 unspecified atom stereocenters. The summed E-state index contributed by atoms with van der Waals surface area (Å²) in [6.07, 6.45) is 1.57. The second-order valence-electron chi connectivity index (χ2n) is 5.53. The smallest absolute Gasteiger partial charge is 0.222 e. The maximum atomic E-state index is 12.2. The molecular formula is C15H21BrN2O3S. The van der Waals surface area contributed by atoms with Crippen molar-refractivity contribution in [1.82, 2.24) is 10.2 Å². The van der Waals surface area contributed by atoms with Crippen molar-refractivity contribution in [1.29, 1.82) is 0 Å². The third-order valence-electron chi connectivity index (χ3n) is 3.95. The third kappa shape index (κ3) is 4.54. The maximum Gasteiger partial charge on any atom is 0.222 e. The molecule has 0 aliphatic carbocycles. The molecule has 1 fully saturated rings. The van der Waals surface area contributed by atoms with E-state index in [1.165, 1.54) is 0 Å². The summed E-state index contributed by atoms with van der Waals surface area (Å²) in [4.78, 5) is 14.1. The van der Waals surface area contributed by atoms with Gasteiger partial charge in [0.05, 0.1) is 10.6 Å². The van der Waals surface area contributed by atoms with Crippen molar-refractivity contribution < 1.29 is 13.2 Å². The number of amides is 1. The van der Waals surface area contributed by atoms with Crippen molar-refractivity contribution >= 4 is 31.7 Å². The number of hydrogen-bond donors (Lipinski definition) is 1. The second kappa shape index (κ2) is 7.57. The number of carbonyl (C=O) groups excluding carboxylic acids is 1. The Kier molecular flexibility index (Phi) is 6.00. The molecule has 1 aliphatic rings. The summed E-state index contributed by atoms with van der Waals surface area (Å²) in [6, 6.07) is 6.81. The molecule has 0 aromatic heterocycles. The van der Waals surface area contributed by atoms with Gasteiger partial charge in [-0.1, -0.05) is 15.9 Å². The zero-order chi connectivity index (χ0) is 16.2. The van der Waals surface area contributed by atoms with Crippen LogP contribution in [0.15, 0.2) is 33.6 Å². The molecule has 7 heteroatoms. The van der Waals surface area contributed by atoms with Crippen LogP contribution in [0.5, 0.6) is 0 Å². The Morgan fingerprint density at radius 2 is 2.05 bits per heavy atom. The second-order valence-corrected chi connectivity index (χ2v) is 8.55. The van der Waals surface area contributed by atoms with Crippen LogP contribution < -0.4 is 5.32 Å². The monoisotopic (exact) mass is 388 g/mol. The molecule has 1 saturated heterocycles. The predicted molar refractivity (Wildman–Crippen MR) is 89.5 cm³/mol. The first kappa shape index (κ1) is 17.4. The van der Waals surface area contributed by atoms with Gasteiger partial charge < -0.3 is 10.2 Å². The molecule has 1 aliphatic heterocycles. The minimum Gasteiger partial charge on any atom is -0.341 e. The van der Waals surface area contributed by atoms with Crippen LogP contribution >= 0.6 is 15.9 Å². The highest BCUT2D eigenvalue weighted by molar-refractivity contribution is 9.10. The molecule has 122 valence electrons. The molecule has 1 N–H and O–H groups in total. The number of nitrogens with one attached hydrogen (secondary N) is 1. The van der Waals surface area contributed by atoms with Gasteiger partial charge in [-0.15, -0.1) is 0 Å². The van der Waals surface area contributed by atoms with E-state index in [9.17, 15) is 13.2 Å². The van der Waals surface area contributed by atoms with Crippen molar-refractivity contribution in [2.75, 3.05) is 25.9 Å². The molecule has 0 radical (unpaired) electrons. The summed E-state index contributed by atoms with van der Waals surface area (Å²) in [6.45, 7) is 1.75. The van der Waals surface area contributed by atoms with Gasteiger partial charge in [0.15, 0.2) is 9.84 Å². The Morgan fingerprint density at radius 3 is 2.64 bits per heavy atom. The zero-order valence-electron chi connectivity index (χ0n) is 12.6. The maximum absolute atomic E-state index is 12.2. The van der Waals surface area contributed by atoms with Crippen LogP contribution in [0.3, 0.4) is 0 Å². The van der Waals surface area contributed by atoms with Gasteiger partial charge in [0.1, 0.15) is 0 Å². The lowest BCUT2D eigenvalue weighted by Gasteiger charge is -2.23. The first-order valence-corrected chi connectivity index (χ1v) is 9.79. The Bertz CT molecular complexity index is 610. The van der Waals surface area contributed by atoms with E-state index >= 15 is 0 Å². The molecular weight excluding hydrogens is 368 g/mol. The third-order valence-corrected chi connectivity index (χ3v) is 6.30. The molecule has 1 amide bonds. The molecule has 22 heavy (non-hydrogen) atoms. The molecule has 2 rings (SSSR count). The van der Waals surface area contributed by atoms with E-state index in [1.807, 2.05) is 0 Å². The van der Waals surface area contributed by atoms with E-state index in [0.29, 0.717) is 11.3 Å². The van der Waals surface area contributed by atoms with Gasteiger partial charge in [0.25, 0.3) is 0 Å². The van der Waals surface area contributed by atoms with E-state index in [1.54, 1.807) is 36.2 Å². The Morgan fingerprint density at radius 1 is 1.36 bits per heavy atom. The number of benzene rings is 1.